The molecule has 0 radical (unpaired) electrons. The predicted molar refractivity (Wildman–Crippen MR) is 171 cm³/mol. The average Bonchev–Trinajstić information content (AvgIpc) is 3.42. The third-order valence-corrected chi connectivity index (χ3v) is 7.78. The minimum Gasteiger partial charge on any atom is -0.296 e. The molecular weight excluding hydrogens is 514 g/mol. The van der Waals surface area contributed by atoms with Crippen molar-refractivity contribution in [3.05, 3.63) is 139 Å². The number of aryl methyl sites for hydroxylation is 1. The van der Waals surface area contributed by atoms with Crippen LogP contribution in [0.25, 0.3) is 72.4 Å². The van der Waals surface area contributed by atoms with Crippen LogP contribution in [0.3, 0.4) is 0 Å². The van der Waals surface area contributed by atoms with Gasteiger partial charge in [0.05, 0.1) is 11.0 Å². The van der Waals surface area contributed by atoms with Gasteiger partial charge >= 0.3 is 0 Å². The second-order valence-corrected chi connectivity index (χ2v) is 10.4. The number of benzene rings is 6. The summed E-state index contributed by atoms with van der Waals surface area (Å²) < 4.78 is 2.26. The summed E-state index contributed by atoms with van der Waals surface area (Å²) in [7, 11) is 0. The van der Waals surface area contributed by atoms with Gasteiger partial charge in [-0.1, -0.05) is 109 Å². The monoisotopic (exact) mass is 539 g/mol. The van der Waals surface area contributed by atoms with Crippen LogP contribution in [0.1, 0.15) is 5.82 Å². The Labute approximate surface area is 242 Å². The van der Waals surface area contributed by atoms with Crippen molar-refractivity contribution in [3.8, 4) is 39.9 Å². The molecule has 0 aliphatic rings. The maximum absolute atomic E-state index is 5.07. The van der Waals surface area contributed by atoms with Gasteiger partial charge in [-0.15, -0.1) is 0 Å². The lowest BCUT2D eigenvalue weighted by molar-refractivity contribution is 1.00. The number of hydrogen-bond acceptors (Lipinski definition) is 4. The Morgan fingerprint density at radius 2 is 0.833 bits per heavy atom. The Morgan fingerprint density at radius 1 is 0.405 bits per heavy atom. The van der Waals surface area contributed by atoms with Crippen molar-refractivity contribution in [2.45, 2.75) is 6.92 Å². The molecule has 0 amide bonds. The van der Waals surface area contributed by atoms with Crippen molar-refractivity contribution in [3.63, 3.8) is 0 Å². The summed E-state index contributed by atoms with van der Waals surface area (Å²) in [5.74, 6) is 2.88. The van der Waals surface area contributed by atoms with Crippen LogP contribution in [0.5, 0.6) is 0 Å². The summed E-state index contributed by atoms with van der Waals surface area (Å²) >= 11 is 0. The Hall–Kier alpha value is -5.68. The number of hydrogen-bond donors (Lipinski definition) is 0. The Bertz CT molecular complexity index is 2180. The highest BCUT2D eigenvalue weighted by atomic mass is 15.1. The molecule has 2 aromatic heterocycles. The lowest BCUT2D eigenvalue weighted by Gasteiger charge is -2.12. The topological polar surface area (TPSA) is 56.5 Å². The van der Waals surface area contributed by atoms with Crippen molar-refractivity contribution in [1.29, 1.82) is 0 Å². The first kappa shape index (κ1) is 24.1. The second-order valence-electron chi connectivity index (χ2n) is 10.4. The largest absolute Gasteiger partial charge is 0.296 e. The fourth-order valence-corrected chi connectivity index (χ4v) is 5.83. The van der Waals surface area contributed by atoms with Gasteiger partial charge < -0.3 is 0 Å². The van der Waals surface area contributed by atoms with E-state index in [9.17, 15) is 0 Å². The van der Waals surface area contributed by atoms with Crippen molar-refractivity contribution in [2.24, 2.45) is 0 Å². The molecule has 0 atom stereocenters. The quantitative estimate of drug-likeness (QED) is 0.210. The van der Waals surface area contributed by atoms with Gasteiger partial charge in [-0.3, -0.25) is 4.57 Å². The molecule has 198 valence electrons. The van der Waals surface area contributed by atoms with Gasteiger partial charge in [0.25, 0.3) is 0 Å². The average molecular weight is 540 g/mol. The molecule has 42 heavy (non-hydrogen) atoms. The summed E-state index contributed by atoms with van der Waals surface area (Å²) in [5, 5.41) is 4.80. The lowest BCUT2D eigenvalue weighted by Crippen LogP contribution is -2.01. The summed E-state index contributed by atoms with van der Waals surface area (Å²) in [6, 6.07) is 45.6. The highest BCUT2D eigenvalue weighted by Crippen LogP contribution is 2.36. The number of imidazole rings is 1. The van der Waals surface area contributed by atoms with Gasteiger partial charge in [0.2, 0.25) is 0 Å². The number of rotatable bonds is 4. The third kappa shape index (κ3) is 3.94. The van der Waals surface area contributed by atoms with Crippen LogP contribution >= 0.6 is 0 Å². The Kier molecular flexibility index (Phi) is 5.61. The van der Waals surface area contributed by atoms with Crippen LogP contribution in [0.2, 0.25) is 0 Å². The van der Waals surface area contributed by atoms with E-state index in [1.807, 2.05) is 60.7 Å². The SMILES string of the molecule is Cc1nc2c3ccccc3c3ccccc3c2n1-c1ccc(-c2nc(-c3ccccc3)nc(-c3ccccc3)n2)cc1. The number of fused-ring (bicyclic) bond motifs is 6. The zero-order valence-electron chi connectivity index (χ0n) is 22.9. The minimum absolute atomic E-state index is 0.637. The first-order chi connectivity index (χ1) is 20.7. The summed E-state index contributed by atoms with van der Waals surface area (Å²) in [5.41, 5.74) is 6.01. The zero-order valence-corrected chi connectivity index (χ0v) is 22.9. The van der Waals surface area contributed by atoms with E-state index in [-0.39, 0.29) is 0 Å². The molecule has 0 bridgehead atoms. The molecule has 2 heterocycles. The predicted octanol–water partition coefficient (Wildman–Crippen LogP) is 8.83. The van der Waals surface area contributed by atoms with Gasteiger partial charge in [-0.25, -0.2) is 19.9 Å². The molecule has 0 spiro atoms. The second kappa shape index (κ2) is 9.75. The van der Waals surface area contributed by atoms with E-state index in [2.05, 4.69) is 84.3 Å². The molecule has 0 unspecified atom stereocenters. The molecule has 0 aliphatic heterocycles. The minimum atomic E-state index is 0.637. The Morgan fingerprint density at radius 3 is 1.38 bits per heavy atom. The summed E-state index contributed by atoms with van der Waals surface area (Å²) in [6.45, 7) is 2.07. The van der Waals surface area contributed by atoms with Crippen molar-refractivity contribution in [2.75, 3.05) is 0 Å². The van der Waals surface area contributed by atoms with E-state index >= 15 is 0 Å². The van der Waals surface area contributed by atoms with Crippen LogP contribution < -0.4 is 0 Å². The fourth-order valence-electron chi connectivity index (χ4n) is 5.83. The fraction of sp³-hybridized carbons (Fsp3) is 0.0270. The highest BCUT2D eigenvalue weighted by Gasteiger charge is 2.17. The molecule has 8 rings (SSSR count). The smallest absolute Gasteiger partial charge is 0.164 e. The molecule has 8 aromatic rings. The molecule has 5 heteroatoms. The molecule has 5 nitrogen and oxygen atoms in total. The standard InChI is InChI=1S/C37H25N5/c1-24-38-33-31-18-10-8-16-29(31)30-17-9-11-19-32(30)34(33)42(24)28-22-20-27(21-23-28)37-40-35(25-12-4-2-5-13-25)39-36(41-37)26-14-6-3-7-15-26/h2-23H,1H3. The molecule has 0 aliphatic carbocycles. The molecule has 0 saturated carbocycles. The van der Waals surface area contributed by atoms with Crippen molar-refractivity contribution in [1.82, 2.24) is 24.5 Å². The lowest BCUT2D eigenvalue weighted by atomic mass is 10.00. The van der Waals surface area contributed by atoms with E-state index < -0.39 is 0 Å². The van der Waals surface area contributed by atoms with E-state index in [0.717, 1.165) is 44.6 Å². The van der Waals surface area contributed by atoms with Gasteiger partial charge in [-0.05, 0) is 42.0 Å². The van der Waals surface area contributed by atoms with Gasteiger partial charge in [0.1, 0.15) is 5.82 Å². The van der Waals surface area contributed by atoms with E-state index in [1.54, 1.807) is 0 Å². The molecule has 0 fully saturated rings. The van der Waals surface area contributed by atoms with Crippen LogP contribution in [0.4, 0.5) is 0 Å². The van der Waals surface area contributed by atoms with Gasteiger partial charge in [0.15, 0.2) is 17.5 Å². The summed E-state index contributed by atoms with van der Waals surface area (Å²) in [6.07, 6.45) is 0. The molecule has 6 aromatic carbocycles. The first-order valence-corrected chi connectivity index (χ1v) is 14.0. The molecule has 0 saturated heterocycles. The maximum atomic E-state index is 5.07. The van der Waals surface area contributed by atoms with E-state index in [4.69, 9.17) is 19.9 Å². The van der Waals surface area contributed by atoms with Crippen LogP contribution in [0.15, 0.2) is 133 Å². The Balaban J connectivity index is 1.29. The normalized spacial score (nSPS) is 11.5. The van der Waals surface area contributed by atoms with Crippen LogP contribution in [0, 0.1) is 6.92 Å². The summed E-state index contributed by atoms with van der Waals surface area (Å²) in [4.78, 5) is 19.7. The first-order valence-electron chi connectivity index (χ1n) is 14.0. The molecule has 0 N–H and O–H groups in total. The van der Waals surface area contributed by atoms with Crippen LogP contribution in [-0.4, -0.2) is 24.5 Å². The zero-order chi connectivity index (χ0) is 28.0. The number of nitrogens with zero attached hydrogens (tertiary/aromatic N) is 5. The van der Waals surface area contributed by atoms with Crippen molar-refractivity contribution < 1.29 is 0 Å². The number of aromatic nitrogens is 5. The van der Waals surface area contributed by atoms with Crippen molar-refractivity contribution >= 4 is 32.6 Å². The molecular formula is C37H25N5. The maximum Gasteiger partial charge on any atom is 0.164 e. The van der Waals surface area contributed by atoms with Gasteiger partial charge in [0, 0.05) is 33.2 Å². The van der Waals surface area contributed by atoms with E-state index in [1.165, 1.54) is 16.2 Å². The van der Waals surface area contributed by atoms with Gasteiger partial charge in [-0.2, -0.15) is 0 Å². The highest BCUT2D eigenvalue weighted by molar-refractivity contribution is 6.23. The van der Waals surface area contributed by atoms with Crippen LogP contribution in [-0.2, 0) is 0 Å². The third-order valence-electron chi connectivity index (χ3n) is 7.78. The van der Waals surface area contributed by atoms with E-state index in [0.29, 0.717) is 17.5 Å².